The Morgan fingerprint density at radius 1 is 0.833 bits per heavy atom. The summed E-state index contributed by atoms with van der Waals surface area (Å²) in [7, 11) is 0. The normalized spacial score (nSPS) is 67.8. The predicted octanol–water partition coefficient (Wildman–Crippen LogP) is 0.168. The third-order valence-corrected chi connectivity index (χ3v) is 3.64. The maximum atomic E-state index is 9.83. The van der Waals surface area contributed by atoms with Gasteiger partial charge >= 0.3 is 0 Å². The quantitative estimate of drug-likeness (QED) is 0.527. The molecule has 3 aliphatic rings. The van der Waals surface area contributed by atoms with Gasteiger partial charge in [0.2, 0.25) is 0 Å². The highest BCUT2D eigenvalue weighted by atomic mass is 16.7. The lowest BCUT2D eigenvalue weighted by molar-refractivity contribution is -0.164. The Balaban J connectivity index is 1.93. The smallest absolute Gasteiger partial charge is 0.113 e. The van der Waals surface area contributed by atoms with Crippen LogP contribution in [-0.2, 0) is 9.47 Å². The molecule has 0 aromatic heterocycles. The Labute approximate surface area is 71.7 Å². The maximum Gasteiger partial charge on any atom is 0.113 e. The fraction of sp³-hybridized carbons (Fsp3) is 1.00. The van der Waals surface area contributed by atoms with Gasteiger partial charge in [-0.05, 0) is 0 Å². The third-order valence-electron chi connectivity index (χ3n) is 3.64. The first kappa shape index (κ1) is 7.30. The summed E-state index contributed by atoms with van der Waals surface area (Å²) in [6.07, 6.45) is 0.705. The molecule has 0 saturated carbocycles. The molecule has 0 radical (unpaired) electrons. The van der Waals surface area contributed by atoms with E-state index in [0.29, 0.717) is 12.2 Å². The molecule has 1 N–H and O–H groups in total. The van der Waals surface area contributed by atoms with Gasteiger partial charge in [0.05, 0.1) is 18.3 Å². The Morgan fingerprint density at radius 3 is 1.75 bits per heavy atom. The van der Waals surface area contributed by atoms with E-state index in [-0.39, 0.29) is 30.1 Å². The second kappa shape index (κ2) is 2.03. The van der Waals surface area contributed by atoms with E-state index in [1.54, 1.807) is 0 Å². The third kappa shape index (κ3) is 0.679. The van der Waals surface area contributed by atoms with Crippen molar-refractivity contribution in [1.82, 2.24) is 0 Å². The van der Waals surface area contributed by atoms with Crippen LogP contribution < -0.4 is 0 Å². The molecular formula is C9H14O3. The molecule has 0 aromatic rings. The van der Waals surface area contributed by atoms with Crippen molar-refractivity contribution in [2.24, 2.45) is 11.8 Å². The zero-order valence-electron chi connectivity index (χ0n) is 7.31. The van der Waals surface area contributed by atoms with Gasteiger partial charge in [0.1, 0.15) is 12.2 Å². The summed E-state index contributed by atoms with van der Waals surface area (Å²) in [5.74, 6) is 0.461. The Morgan fingerprint density at radius 2 is 1.25 bits per heavy atom. The maximum absolute atomic E-state index is 9.83. The molecule has 3 aliphatic heterocycles. The minimum absolute atomic E-state index is 0.159. The van der Waals surface area contributed by atoms with Gasteiger partial charge in [-0.1, -0.05) is 13.8 Å². The number of rotatable bonds is 0. The highest BCUT2D eigenvalue weighted by molar-refractivity contribution is 5.11. The van der Waals surface area contributed by atoms with Crippen molar-refractivity contribution in [2.75, 3.05) is 0 Å². The van der Waals surface area contributed by atoms with E-state index >= 15 is 0 Å². The number of hydrogen-bond donors (Lipinski definition) is 1. The largest absolute Gasteiger partial charge is 0.392 e. The van der Waals surface area contributed by atoms with E-state index < -0.39 is 0 Å². The number of aliphatic hydroxyl groups excluding tert-OH is 1. The molecule has 0 amide bonds. The lowest BCUT2D eigenvalue weighted by Crippen LogP contribution is -2.47. The SMILES string of the molecule is CC1C(O)[C@H](C)C2OC1[C@@H]1OC21. The molecular weight excluding hydrogens is 156 g/mol. The van der Waals surface area contributed by atoms with Crippen LogP contribution in [0.1, 0.15) is 13.8 Å². The van der Waals surface area contributed by atoms with Gasteiger partial charge in [0.25, 0.3) is 0 Å². The molecule has 3 heterocycles. The summed E-state index contributed by atoms with van der Waals surface area (Å²) < 4.78 is 11.2. The van der Waals surface area contributed by atoms with Crippen LogP contribution >= 0.6 is 0 Å². The standard InChI is InChI=1S/C9H14O3/c1-3-5(10)4(2)7-9-8(12-9)6(3)11-7/h3-10H,1-2H3/t3-,4?,5?,6?,7?,8?,9-/m0/s1. The van der Waals surface area contributed by atoms with Crippen molar-refractivity contribution in [3.05, 3.63) is 0 Å². The van der Waals surface area contributed by atoms with Crippen LogP contribution in [0.5, 0.6) is 0 Å². The zero-order chi connectivity index (χ0) is 8.46. The number of epoxide rings is 1. The van der Waals surface area contributed by atoms with Gasteiger partial charge in [-0.25, -0.2) is 0 Å². The van der Waals surface area contributed by atoms with E-state index in [1.807, 2.05) is 13.8 Å². The molecule has 68 valence electrons. The van der Waals surface area contributed by atoms with Gasteiger partial charge < -0.3 is 14.6 Å². The van der Waals surface area contributed by atoms with Gasteiger partial charge in [0.15, 0.2) is 0 Å². The summed E-state index contributed by atoms with van der Waals surface area (Å²) in [6, 6.07) is 0. The van der Waals surface area contributed by atoms with Crippen LogP contribution in [0.3, 0.4) is 0 Å². The average Bonchev–Trinajstić information content (AvgIpc) is 2.76. The summed E-state index contributed by atoms with van der Waals surface area (Å²) in [6.45, 7) is 4.10. The summed E-state index contributed by atoms with van der Waals surface area (Å²) in [5.41, 5.74) is 0. The molecule has 12 heavy (non-hydrogen) atoms. The summed E-state index contributed by atoms with van der Waals surface area (Å²) in [4.78, 5) is 0. The second-order valence-electron chi connectivity index (χ2n) is 4.34. The predicted molar refractivity (Wildman–Crippen MR) is 41.7 cm³/mol. The van der Waals surface area contributed by atoms with Crippen molar-refractivity contribution >= 4 is 0 Å². The molecule has 3 nitrogen and oxygen atoms in total. The molecule has 3 heteroatoms. The lowest BCUT2D eigenvalue weighted by Gasteiger charge is -2.38. The van der Waals surface area contributed by atoms with E-state index in [2.05, 4.69) is 0 Å². The molecule has 0 aromatic carbocycles. The van der Waals surface area contributed by atoms with Crippen LogP contribution in [0.15, 0.2) is 0 Å². The Bertz CT molecular complexity index is 198. The molecule has 3 rings (SSSR count). The second-order valence-corrected chi connectivity index (χ2v) is 4.34. The topological polar surface area (TPSA) is 42.0 Å². The van der Waals surface area contributed by atoms with Crippen molar-refractivity contribution in [3.8, 4) is 0 Å². The minimum atomic E-state index is -0.204. The first-order valence-corrected chi connectivity index (χ1v) is 4.69. The van der Waals surface area contributed by atoms with E-state index in [4.69, 9.17) is 9.47 Å². The van der Waals surface area contributed by atoms with Gasteiger partial charge in [-0.15, -0.1) is 0 Å². The molecule has 0 spiro atoms. The zero-order valence-corrected chi connectivity index (χ0v) is 7.31. The van der Waals surface area contributed by atoms with Crippen molar-refractivity contribution in [1.29, 1.82) is 0 Å². The van der Waals surface area contributed by atoms with Crippen LogP contribution in [0.2, 0.25) is 0 Å². The van der Waals surface area contributed by atoms with Crippen LogP contribution in [0, 0.1) is 11.8 Å². The fourth-order valence-corrected chi connectivity index (χ4v) is 2.71. The molecule has 3 fully saturated rings. The molecule has 5 unspecified atom stereocenters. The highest BCUT2D eigenvalue weighted by Crippen LogP contribution is 2.50. The van der Waals surface area contributed by atoms with E-state index in [9.17, 15) is 5.11 Å². The van der Waals surface area contributed by atoms with Gasteiger partial charge in [-0.3, -0.25) is 0 Å². The van der Waals surface area contributed by atoms with Crippen molar-refractivity contribution in [2.45, 2.75) is 44.4 Å². The molecule has 7 atom stereocenters. The van der Waals surface area contributed by atoms with E-state index in [1.165, 1.54) is 0 Å². The van der Waals surface area contributed by atoms with E-state index in [0.717, 1.165) is 0 Å². The Hall–Kier alpha value is -0.120. The number of aliphatic hydroxyl groups is 1. The monoisotopic (exact) mass is 170 g/mol. The average molecular weight is 170 g/mol. The number of hydrogen-bond acceptors (Lipinski definition) is 3. The minimum Gasteiger partial charge on any atom is -0.392 e. The van der Waals surface area contributed by atoms with Crippen molar-refractivity contribution < 1.29 is 14.6 Å². The molecule has 3 saturated heterocycles. The first-order chi connectivity index (χ1) is 5.70. The lowest BCUT2D eigenvalue weighted by atomic mass is 9.86. The Kier molecular flexibility index (Phi) is 1.23. The summed E-state index contributed by atoms with van der Waals surface area (Å²) in [5, 5.41) is 9.83. The highest BCUT2D eigenvalue weighted by Gasteiger charge is 2.65. The number of fused-ring (bicyclic) bond motifs is 5. The van der Waals surface area contributed by atoms with Crippen molar-refractivity contribution in [3.63, 3.8) is 0 Å². The fourth-order valence-electron chi connectivity index (χ4n) is 2.71. The molecule has 2 bridgehead atoms. The first-order valence-electron chi connectivity index (χ1n) is 4.69. The van der Waals surface area contributed by atoms with Gasteiger partial charge in [-0.2, -0.15) is 0 Å². The van der Waals surface area contributed by atoms with Crippen LogP contribution in [0.4, 0.5) is 0 Å². The van der Waals surface area contributed by atoms with Crippen LogP contribution in [-0.4, -0.2) is 35.6 Å². The summed E-state index contributed by atoms with van der Waals surface area (Å²) >= 11 is 0. The van der Waals surface area contributed by atoms with Crippen LogP contribution in [0.25, 0.3) is 0 Å². The number of ether oxygens (including phenoxy) is 2. The van der Waals surface area contributed by atoms with Gasteiger partial charge in [0, 0.05) is 11.8 Å². The molecule has 0 aliphatic carbocycles.